The van der Waals surface area contributed by atoms with E-state index in [2.05, 4.69) is 20.8 Å². The van der Waals surface area contributed by atoms with E-state index in [1.807, 2.05) is 30.3 Å². The molecule has 1 amide bonds. The number of aromatic nitrogens is 2. The molecule has 2 bridgehead atoms. The summed E-state index contributed by atoms with van der Waals surface area (Å²) in [6.45, 7) is 0. The van der Waals surface area contributed by atoms with Gasteiger partial charge in [0.15, 0.2) is 4.34 Å². The highest BCUT2D eigenvalue weighted by Gasteiger charge is 2.40. The van der Waals surface area contributed by atoms with E-state index in [0.717, 1.165) is 22.1 Å². The first kappa shape index (κ1) is 14.2. The fraction of sp³-hybridized carbons (Fsp3) is 0.400. The highest BCUT2D eigenvalue weighted by atomic mass is 32.2. The lowest BCUT2D eigenvalue weighted by atomic mass is 9.95. The minimum absolute atomic E-state index is 0.100. The smallest absolute Gasteiger partial charge is 0.282 e. The topological polar surface area (TPSA) is 66.9 Å². The van der Waals surface area contributed by atoms with Crippen molar-refractivity contribution in [2.24, 2.45) is 0 Å². The van der Waals surface area contributed by atoms with Crippen LogP contribution in [0.15, 0.2) is 39.6 Å². The Morgan fingerprint density at radius 1 is 1.27 bits per heavy atom. The summed E-state index contributed by atoms with van der Waals surface area (Å²) >= 11 is 2.88. The zero-order chi connectivity index (χ0) is 14.9. The first-order valence-electron chi connectivity index (χ1n) is 7.41. The molecule has 4 rings (SSSR count). The van der Waals surface area contributed by atoms with Crippen LogP contribution in [-0.2, 0) is 0 Å². The van der Waals surface area contributed by atoms with Crippen molar-refractivity contribution in [2.75, 3.05) is 0 Å². The second-order valence-corrected chi connectivity index (χ2v) is 7.95. The highest BCUT2D eigenvalue weighted by Crippen LogP contribution is 2.31. The normalized spacial score (nSPS) is 26.3. The summed E-state index contributed by atoms with van der Waals surface area (Å²) in [5, 5.41) is 15.2. The molecule has 5 nitrogen and oxygen atoms in total. The average molecular weight is 332 g/mol. The molecule has 2 aromatic rings. The molecule has 3 atom stereocenters. The fourth-order valence-electron chi connectivity index (χ4n) is 3.15. The minimum atomic E-state index is -0.100. The Morgan fingerprint density at radius 2 is 2.14 bits per heavy atom. The Morgan fingerprint density at radius 3 is 2.86 bits per heavy atom. The number of hydrogen-bond donors (Lipinski definition) is 2. The van der Waals surface area contributed by atoms with Crippen molar-refractivity contribution >= 4 is 29.0 Å². The van der Waals surface area contributed by atoms with Gasteiger partial charge in [-0.1, -0.05) is 41.3 Å². The molecule has 114 valence electrons. The molecular formula is C15H16N4OS2. The van der Waals surface area contributed by atoms with Gasteiger partial charge in [-0.15, -0.1) is 10.2 Å². The van der Waals surface area contributed by atoms with Gasteiger partial charge in [-0.3, -0.25) is 4.79 Å². The molecule has 2 saturated heterocycles. The molecule has 0 radical (unpaired) electrons. The number of nitrogens with one attached hydrogen (secondary N) is 2. The van der Waals surface area contributed by atoms with E-state index in [0.29, 0.717) is 17.1 Å². The summed E-state index contributed by atoms with van der Waals surface area (Å²) < 4.78 is 0.794. The van der Waals surface area contributed by atoms with Crippen LogP contribution < -0.4 is 10.6 Å². The van der Waals surface area contributed by atoms with Crippen LogP contribution in [0.2, 0.25) is 0 Å². The largest absolute Gasteiger partial charge is 0.346 e. The van der Waals surface area contributed by atoms with Crippen molar-refractivity contribution in [3.05, 3.63) is 35.3 Å². The number of rotatable bonds is 4. The summed E-state index contributed by atoms with van der Waals surface area (Å²) in [6.07, 6.45) is 3.41. The minimum Gasteiger partial charge on any atom is -0.346 e. The van der Waals surface area contributed by atoms with E-state index in [1.54, 1.807) is 0 Å². The number of hydrogen-bond acceptors (Lipinski definition) is 6. The monoisotopic (exact) mass is 332 g/mol. The van der Waals surface area contributed by atoms with E-state index >= 15 is 0 Å². The first-order chi connectivity index (χ1) is 10.8. The van der Waals surface area contributed by atoms with Gasteiger partial charge in [-0.05, 0) is 31.4 Å². The van der Waals surface area contributed by atoms with Crippen molar-refractivity contribution in [1.29, 1.82) is 0 Å². The van der Waals surface area contributed by atoms with Crippen molar-refractivity contribution in [2.45, 2.75) is 46.6 Å². The van der Waals surface area contributed by atoms with Crippen LogP contribution in [0.3, 0.4) is 0 Å². The maximum Gasteiger partial charge on any atom is 0.282 e. The maximum absolute atomic E-state index is 12.3. The zero-order valence-corrected chi connectivity index (χ0v) is 13.5. The third kappa shape index (κ3) is 2.88. The van der Waals surface area contributed by atoms with Crippen LogP contribution in [0.4, 0.5) is 0 Å². The van der Waals surface area contributed by atoms with Crippen LogP contribution in [0.25, 0.3) is 0 Å². The Hall–Kier alpha value is -1.44. The Balaban J connectivity index is 1.39. The molecular weight excluding hydrogens is 316 g/mol. The number of benzene rings is 1. The maximum atomic E-state index is 12.3. The summed E-state index contributed by atoms with van der Waals surface area (Å²) in [4.78, 5) is 13.4. The van der Waals surface area contributed by atoms with Crippen molar-refractivity contribution < 1.29 is 4.79 Å². The second-order valence-electron chi connectivity index (χ2n) is 5.65. The van der Waals surface area contributed by atoms with Gasteiger partial charge >= 0.3 is 0 Å². The third-order valence-electron chi connectivity index (χ3n) is 4.17. The molecule has 2 aliphatic rings. The molecule has 22 heavy (non-hydrogen) atoms. The molecule has 1 aromatic carbocycles. The molecule has 2 fully saturated rings. The van der Waals surface area contributed by atoms with Crippen LogP contribution in [-0.4, -0.2) is 34.2 Å². The summed E-state index contributed by atoms with van der Waals surface area (Å²) in [5.74, 6) is -0.100. The van der Waals surface area contributed by atoms with Gasteiger partial charge in [0.2, 0.25) is 5.01 Å². The van der Waals surface area contributed by atoms with Gasteiger partial charge in [0.05, 0.1) is 0 Å². The van der Waals surface area contributed by atoms with Crippen LogP contribution in [0, 0.1) is 0 Å². The number of carbonyl (C=O) groups is 1. The van der Waals surface area contributed by atoms with E-state index < -0.39 is 0 Å². The summed E-state index contributed by atoms with van der Waals surface area (Å²) in [5.41, 5.74) is 0. The number of nitrogens with zero attached hydrogens (tertiary/aromatic N) is 2. The standard InChI is InChI=1S/C15H16N4OS2/c20-13(17-12-8-9-6-7-11(12)16-9)14-18-19-15(22-14)21-10-4-2-1-3-5-10/h1-5,9,11-12,16H,6-8H2,(H,17,20)/t9-,11+,12-/m1/s1. The van der Waals surface area contributed by atoms with Gasteiger partial charge in [0.25, 0.3) is 5.91 Å². The molecule has 0 unspecified atom stereocenters. The lowest BCUT2D eigenvalue weighted by Crippen LogP contribution is -2.42. The lowest BCUT2D eigenvalue weighted by Gasteiger charge is -2.20. The van der Waals surface area contributed by atoms with Crippen molar-refractivity contribution in [3.8, 4) is 0 Å². The molecule has 2 N–H and O–H groups in total. The Kier molecular flexibility index (Phi) is 3.85. The van der Waals surface area contributed by atoms with Crippen molar-refractivity contribution in [1.82, 2.24) is 20.8 Å². The Labute approximate surface area is 136 Å². The second kappa shape index (κ2) is 5.98. The van der Waals surface area contributed by atoms with Gasteiger partial charge in [-0.25, -0.2) is 0 Å². The predicted octanol–water partition coefficient (Wildman–Crippen LogP) is 2.31. The molecule has 3 heterocycles. The van der Waals surface area contributed by atoms with E-state index in [1.165, 1.54) is 29.5 Å². The molecule has 7 heteroatoms. The van der Waals surface area contributed by atoms with Gasteiger partial charge in [0, 0.05) is 23.0 Å². The fourth-order valence-corrected chi connectivity index (χ4v) is 4.89. The van der Waals surface area contributed by atoms with E-state index in [-0.39, 0.29) is 11.9 Å². The van der Waals surface area contributed by atoms with Gasteiger partial charge < -0.3 is 10.6 Å². The van der Waals surface area contributed by atoms with E-state index in [4.69, 9.17) is 0 Å². The molecule has 1 aromatic heterocycles. The van der Waals surface area contributed by atoms with E-state index in [9.17, 15) is 4.79 Å². The van der Waals surface area contributed by atoms with Crippen LogP contribution >= 0.6 is 23.1 Å². The highest BCUT2D eigenvalue weighted by molar-refractivity contribution is 8.01. The molecule has 0 spiro atoms. The van der Waals surface area contributed by atoms with Gasteiger partial charge in [-0.2, -0.15) is 0 Å². The SMILES string of the molecule is O=C(N[C@@H]1C[C@H]2CC[C@@H]1N2)c1nnc(Sc2ccccc2)s1. The quantitative estimate of drug-likeness (QED) is 0.899. The first-order valence-corrected chi connectivity index (χ1v) is 9.04. The molecule has 0 saturated carbocycles. The van der Waals surface area contributed by atoms with Gasteiger partial charge in [0.1, 0.15) is 0 Å². The number of fused-ring (bicyclic) bond motifs is 2. The molecule has 0 aliphatic carbocycles. The zero-order valence-electron chi connectivity index (χ0n) is 11.9. The molecule has 2 aliphatic heterocycles. The van der Waals surface area contributed by atoms with Crippen molar-refractivity contribution in [3.63, 3.8) is 0 Å². The summed E-state index contributed by atoms with van der Waals surface area (Å²) in [7, 11) is 0. The number of carbonyl (C=O) groups excluding carboxylic acids is 1. The number of amides is 1. The lowest BCUT2D eigenvalue weighted by molar-refractivity contribution is 0.0930. The van der Waals surface area contributed by atoms with Crippen LogP contribution in [0.5, 0.6) is 0 Å². The third-order valence-corrected chi connectivity index (χ3v) is 6.15. The average Bonchev–Trinajstić information content (AvgIpc) is 3.24. The predicted molar refractivity (Wildman–Crippen MR) is 86.3 cm³/mol. The van der Waals surface area contributed by atoms with Crippen LogP contribution in [0.1, 0.15) is 29.1 Å². The Bertz CT molecular complexity index is 675. The summed E-state index contributed by atoms with van der Waals surface area (Å²) in [6, 6.07) is 11.2.